The Morgan fingerprint density at radius 2 is 0.736 bits per heavy atom. The standard InChI is InChI=1S/C23H33N6.2C20H33N6.C19H31N6/c1-16(2)28-15-21(25(7)17(28)3)27-13-14-29(18(27)4)23(5,6)22-24-19-11-9-10-12-20(19)26(22)8;1-14(2)25-13-19(23(9)16(25)4)24-10-11-26(17(24)5)20(6,7)18-12-21-15(3)22(18)8;1-14(2)25-13-19(22(8)16(25)4)24-10-11-26(17(24)5)20(6,7)18-12-15(3)21-23(18)9;1-14(2)24-13-17(22(8)15(24)3)23-11-12-25(16(23)4)19(5,6)18-20-9-10-21(18)7/h9-16,18H,1-8H3;2*10-14,17H,1-9H3;9-14,16H,1-8H3/q4*+1/t18-;2*17-;16-/m1111/s1. The van der Waals surface area contributed by atoms with Crippen LogP contribution >= 0.6 is 0 Å². The number of anilines is 4. The normalized spacial score (nSPS) is 17.8. The maximum Gasteiger partial charge on any atom is 0.254 e. The number of aromatic nitrogens is 16. The van der Waals surface area contributed by atoms with Crippen molar-refractivity contribution in [2.45, 2.75) is 251 Å². The summed E-state index contributed by atoms with van der Waals surface area (Å²) in [5, 5.41) is 4.54. The summed E-state index contributed by atoms with van der Waals surface area (Å²) < 4.78 is 26.9. The van der Waals surface area contributed by atoms with Gasteiger partial charge in [0, 0.05) is 118 Å². The summed E-state index contributed by atoms with van der Waals surface area (Å²) in [5.74, 6) is 13.0. The first-order chi connectivity index (χ1) is 49.4. The van der Waals surface area contributed by atoms with E-state index in [-0.39, 0.29) is 46.8 Å². The SMILES string of the molecule is Cc1cc(C(C)(C)N2C=CN(c3c[n+](C(C)C)c(C)n3C)[C@H]2C)n(C)n1.Cc1n(C)c(N2C=CN(C(C)(C)c3nc4ccccc4n3C)[C@@H]2C)c[n+]1C(C)C.Cc1n(C)c(N2C=CN(C(C)(C)c3nccn3C)[C@@H]2C)c[n+]1C(C)C.Cc1ncc(C(C)(C)N2C=CN(c3c[n+](C(C)C)c(C)n3C)[C@H]2C)n1C. The molecule has 1 aromatic carbocycles. The predicted molar refractivity (Wildman–Crippen MR) is 427 cm³/mol. The number of imidazole rings is 7. The fourth-order valence-corrected chi connectivity index (χ4v) is 16.8. The minimum absolute atomic E-state index is 0.158. The van der Waals surface area contributed by atoms with Crippen LogP contribution in [0.3, 0.4) is 0 Å². The third-order valence-corrected chi connectivity index (χ3v) is 23.6. The summed E-state index contributed by atoms with van der Waals surface area (Å²) in [7, 11) is 16.8. The van der Waals surface area contributed by atoms with Crippen molar-refractivity contribution in [3.05, 3.63) is 181 Å². The Bertz CT molecular complexity index is 4640. The Kier molecular flexibility index (Phi) is 21.9. The number of hydrogen-bond acceptors (Lipinski definition) is 12. The van der Waals surface area contributed by atoms with Crippen LogP contribution in [0.15, 0.2) is 123 Å². The molecule has 0 bridgehead atoms. The van der Waals surface area contributed by atoms with E-state index < -0.39 is 0 Å². The number of benzene rings is 1. The highest BCUT2D eigenvalue weighted by Crippen LogP contribution is 2.41. The van der Waals surface area contributed by atoms with Gasteiger partial charge in [-0.15, -0.1) is 0 Å². The smallest absolute Gasteiger partial charge is 0.254 e. The molecule has 24 nitrogen and oxygen atoms in total. The van der Waals surface area contributed by atoms with Crippen molar-refractivity contribution >= 4 is 34.3 Å². The van der Waals surface area contributed by atoms with E-state index in [0.717, 1.165) is 28.7 Å². The van der Waals surface area contributed by atoms with E-state index in [2.05, 4.69) is 419 Å². The van der Waals surface area contributed by atoms with E-state index in [0.29, 0.717) is 24.2 Å². The van der Waals surface area contributed by atoms with Crippen LogP contribution in [0, 0.1) is 41.5 Å². The molecule has 13 rings (SSSR count). The van der Waals surface area contributed by atoms with Gasteiger partial charge in [0.05, 0.1) is 109 Å². The number of para-hydroxylation sites is 2. The Labute approximate surface area is 633 Å². The van der Waals surface area contributed by atoms with Gasteiger partial charge in [-0.1, -0.05) is 12.1 Å². The van der Waals surface area contributed by atoms with Gasteiger partial charge in [0.1, 0.15) is 42.1 Å². The molecule has 0 aliphatic carbocycles. The minimum atomic E-state index is -0.257. The van der Waals surface area contributed by atoms with Crippen LogP contribution in [0.1, 0.15) is 220 Å². The molecule has 8 aromatic heterocycles. The molecule has 4 atom stereocenters. The lowest BCUT2D eigenvalue weighted by Crippen LogP contribution is -2.47. The average Bonchev–Trinajstić information content (AvgIpc) is 1.61. The Morgan fingerprint density at radius 3 is 1.03 bits per heavy atom. The summed E-state index contributed by atoms with van der Waals surface area (Å²) in [6.45, 7) is 57.6. The van der Waals surface area contributed by atoms with Gasteiger partial charge >= 0.3 is 0 Å². The monoisotopic (exact) mass is 1450 g/mol. The van der Waals surface area contributed by atoms with Crippen LogP contribution < -0.4 is 37.9 Å². The molecule has 9 aromatic rings. The van der Waals surface area contributed by atoms with Crippen molar-refractivity contribution in [3.8, 4) is 0 Å². The van der Waals surface area contributed by atoms with Crippen molar-refractivity contribution in [2.75, 3.05) is 19.6 Å². The van der Waals surface area contributed by atoms with E-state index >= 15 is 0 Å². The second-order valence-electron chi connectivity index (χ2n) is 33.0. The molecule has 0 saturated carbocycles. The molecule has 4 aliphatic heterocycles. The van der Waals surface area contributed by atoms with Crippen LogP contribution in [-0.4, -0.2) is 101 Å². The van der Waals surface area contributed by atoms with Crippen molar-refractivity contribution in [1.82, 2.24) is 76.3 Å². The summed E-state index contributed by atoms with van der Waals surface area (Å²) in [6.07, 6.45) is 33.2. The van der Waals surface area contributed by atoms with Gasteiger partial charge in [-0.05, 0) is 171 Å². The Balaban J connectivity index is 0.000000151. The third-order valence-electron chi connectivity index (χ3n) is 23.6. The maximum atomic E-state index is 4.98. The fourth-order valence-electron chi connectivity index (χ4n) is 16.8. The van der Waals surface area contributed by atoms with Gasteiger partial charge in [0.25, 0.3) is 23.3 Å². The Hall–Kier alpha value is -9.48. The van der Waals surface area contributed by atoms with Crippen molar-refractivity contribution in [1.29, 1.82) is 0 Å². The number of hydrogen-bond donors (Lipinski definition) is 0. The second kappa shape index (κ2) is 29.3. The first-order valence-electron chi connectivity index (χ1n) is 38.1. The van der Waals surface area contributed by atoms with Crippen molar-refractivity contribution in [2.24, 2.45) is 56.4 Å². The first kappa shape index (κ1) is 79.1. The highest BCUT2D eigenvalue weighted by atomic mass is 15.5. The Morgan fingerprint density at radius 1 is 0.396 bits per heavy atom. The van der Waals surface area contributed by atoms with E-state index in [1.165, 1.54) is 63.5 Å². The lowest BCUT2D eigenvalue weighted by Gasteiger charge is -2.40. The largest absolute Gasteiger partial charge is 0.345 e. The molecule has 0 radical (unpaired) electrons. The zero-order valence-corrected chi connectivity index (χ0v) is 70.9. The maximum absolute atomic E-state index is 4.98. The van der Waals surface area contributed by atoms with Gasteiger partial charge in [0.2, 0.25) is 23.3 Å². The topological polar surface area (TPSA) is 132 Å². The van der Waals surface area contributed by atoms with Gasteiger partial charge < -0.3 is 33.3 Å². The number of fused-ring (bicyclic) bond motifs is 1. The minimum Gasteiger partial charge on any atom is -0.345 e. The summed E-state index contributed by atoms with van der Waals surface area (Å²) in [6, 6.07) is 12.3. The molecular formula is C82H130N24+4. The third kappa shape index (κ3) is 13.8. The van der Waals surface area contributed by atoms with Crippen LogP contribution in [0.2, 0.25) is 0 Å². The molecule has 24 heteroatoms. The molecule has 0 amide bonds. The molecule has 0 saturated heterocycles. The van der Waals surface area contributed by atoms with Crippen molar-refractivity contribution < 1.29 is 18.3 Å². The van der Waals surface area contributed by atoms with Crippen LogP contribution in [0.25, 0.3) is 11.0 Å². The highest BCUT2D eigenvalue weighted by Gasteiger charge is 2.45. The van der Waals surface area contributed by atoms with E-state index in [4.69, 9.17) is 4.98 Å². The lowest BCUT2D eigenvalue weighted by atomic mass is 9.97. The van der Waals surface area contributed by atoms with Crippen LogP contribution in [-0.2, 0) is 78.5 Å². The average molecular weight is 1450 g/mol. The van der Waals surface area contributed by atoms with E-state index in [1.54, 1.807) is 0 Å². The molecule has 12 heterocycles. The van der Waals surface area contributed by atoms with Crippen LogP contribution in [0.4, 0.5) is 23.3 Å². The quantitative estimate of drug-likeness (QED) is 0.0853. The molecule has 0 unspecified atom stereocenters. The van der Waals surface area contributed by atoms with Gasteiger partial charge in [0.15, 0.2) is 24.8 Å². The zero-order valence-electron chi connectivity index (χ0n) is 70.9. The number of nitrogens with zero attached hydrogens (tertiary/aromatic N) is 24. The summed E-state index contributed by atoms with van der Waals surface area (Å²) in [5.41, 5.74) is 4.93. The lowest BCUT2D eigenvalue weighted by molar-refractivity contribution is -0.721. The second-order valence-corrected chi connectivity index (χ2v) is 33.0. The molecule has 0 spiro atoms. The van der Waals surface area contributed by atoms with E-state index in [9.17, 15) is 0 Å². The van der Waals surface area contributed by atoms with Crippen molar-refractivity contribution in [3.63, 3.8) is 0 Å². The number of aryl methyl sites for hydroxylation is 5. The highest BCUT2D eigenvalue weighted by molar-refractivity contribution is 5.76. The predicted octanol–water partition coefficient (Wildman–Crippen LogP) is 13.0. The first-order valence-corrected chi connectivity index (χ1v) is 38.1. The zero-order chi connectivity index (χ0) is 78.4. The molecule has 106 heavy (non-hydrogen) atoms. The molecule has 0 N–H and O–H groups in total. The molecular weight excluding hydrogens is 1320 g/mol. The van der Waals surface area contributed by atoms with Gasteiger partial charge in [-0.3, -0.25) is 24.3 Å². The summed E-state index contributed by atoms with van der Waals surface area (Å²) in [4.78, 5) is 33.0. The number of rotatable bonds is 16. The van der Waals surface area contributed by atoms with Gasteiger partial charge in [-0.2, -0.15) is 5.10 Å². The van der Waals surface area contributed by atoms with Crippen LogP contribution in [0.5, 0.6) is 0 Å². The van der Waals surface area contributed by atoms with E-state index in [1.807, 2.05) is 50.2 Å². The molecule has 574 valence electrons. The summed E-state index contributed by atoms with van der Waals surface area (Å²) >= 11 is 0. The molecule has 4 aliphatic rings. The molecule has 0 fully saturated rings. The van der Waals surface area contributed by atoms with Gasteiger partial charge in [-0.25, -0.2) is 51.5 Å². The fraction of sp³-hybridized carbons (Fsp3) is 0.561.